The summed E-state index contributed by atoms with van der Waals surface area (Å²) in [4.78, 5) is 16.1. The summed E-state index contributed by atoms with van der Waals surface area (Å²) in [6.07, 6.45) is 5.95. The number of aromatic nitrogens is 3. The van der Waals surface area contributed by atoms with Crippen molar-refractivity contribution in [3.05, 3.63) is 41.5 Å². The number of rotatable bonds is 13. The number of hydrogen-bond donors (Lipinski definition) is 2. The highest BCUT2D eigenvalue weighted by molar-refractivity contribution is 7.89. The van der Waals surface area contributed by atoms with E-state index in [-0.39, 0.29) is 10.8 Å². The number of unbranched alkanes of at least 4 members (excludes halogenated alkanes) is 2. The summed E-state index contributed by atoms with van der Waals surface area (Å²) in [6.45, 7) is 8.11. The van der Waals surface area contributed by atoms with Crippen LogP contribution in [0.4, 0.5) is 0 Å². The lowest BCUT2D eigenvalue weighted by Gasteiger charge is -2.18. The molecule has 1 heterocycles. The Kier molecular flexibility index (Phi) is 9.18. The molecule has 0 unspecified atom stereocenters. The van der Waals surface area contributed by atoms with Gasteiger partial charge in [-0.3, -0.25) is 4.79 Å². The average molecular weight is 451 g/mol. The van der Waals surface area contributed by atoms with Gasteiger partial charge < -0.3 is 5.11 Å². The van der Waals surface area contributed by atoms with E-state index in [1.54, 1.807) is 26.0 Å². The molecule has 9 heteroatoms. The van der Waals surface area contributed by atoms with E-state index in [4.69, 9.17) is 4.98 Å². The van der Waals surface area contributed by atoms with Crippen molar-refractivity contribution in [1.82, 2.24) is 19.5 Å². The Morgan fingerprint density at radius 2 is 1.71 bits per heavy atom. The number of aliphatic carboxylic acids is 1. The van der Waals surface area contributed by atoms with Crippen molar-refractivity contribution in [2.45, 2.75) is 83.7 Å². The first-order valence-electron chi connectivity index (χ1n) is 10.9. The van der Waals surface area contributed by atoms with Gasteiger partial charge in [0.2, 0.25) is 10.0 Å². The molecule has 1 atom stereocenters. The van der Waals surface area contributed by atoms with Crippen molar-refractivity contribution in [3.63, 3.8) is 0 Å². The summed E-state index contributed by atoms with van der Waals surface area (Å²) >= 11 is 0. The van der Waals surface area contributed by atoms with Crippen LogP contribution in [0, 0.1) is 5.92 Å². The van der Waals surface area contributed by atoms with Crippen LogP contribution in [0.5, 0.6) is 0 Å². The SMILES string of the molecule is CCCCc1nc(CCCC)n(Cc2ccc(S(=O)(=O)N[C@@H](C(=O)O)C(C)C)cc2)n1. The van der Waals surface area contributed by atoms with Crippen molar-refractivity contribution in [2.75, 3.05) is 0 Å². The fourth-order valence-corrected chi connectivity index (χ4v) is 4.50. The summed E-state index contributed by atoms with van der Waals surface area (Å²) in [6, 6.07) is 5.28. The van der Waals surface area contributed by atoms with Gasteiger partial charge in [-0.25, -0.2) is 18.1 Å². The molecule has 0 saturated heterocycles. The summed E-state index contributed by atoms with van der Waals surface area (Å²) in [5, 5.41) is 13.9. The normalized spacial score (nSPS) is 12.9. The molecule has 8 nitrogen and oxygen atoms in total. The molecule has 1 aromatic heterocycles. The molecule has 0 amide bonds. The van der Waals surface area contributed by atoms with Gasteiger partial charge in [0.15, 0.2) is 5.82 Å². The number of hydrogen-bond acceptors (Lipinski definition) is 5. The minimum Gasteiger partial charge on any atom is -0.480 e. The van der Waals surface area contributed by atoms with Crippen LogP contribution in [0.1, 0.15) is 70.6 Å². The van der Waals surface area contributed by atoms with Gasteiger partial charge in [-0.2, -0.15) is 9.82 Å². The first kappa shape index (κ1) is 25.0. The van der Waals surface area contributed by atoms with Gasteiger partial charge in [0.05, 0.1) is 11.4 Å². The minimum atomic E-state index is -3.93. The van der Waals surface area contributed by atoms with E-state index in [2.05, 4.69) is 23.7 Å². The molecule has 0 fully saturated rings. The standard InChI is InChI=1S/C22H34N4O4S/c1-5-7-9-19-23-20(10-8-6-2)26(24-19)15-17-11-13-18(14-12-17)31(29,30)25-21(16(3)4)22(27)28/h11-14,16,21,25H,5-10,15H2,1-4H3,(H,27,28)/t21-/m1/s1. The summed E-state index contributed by atoms with van der Waals surface area (Å²) in [5.41, 5.74) is 0.905. The second kappa shape index (κ2) is 11.4. The molecule has 2 N–H and O–H groups in total. The zero-order valence-corrected chi connectivity index (χ0v) is 19.7. The van der Waals surface area contributed by atoms with E-state index >= 15 is 0 Å². The Bertz CT molecular complexity index is 952. The lowest BCUT2D eigenvalue weighted by atomic mass is 10.1. The molecule has 0 spiro atoms. The molecular weight excluding hydrogens is 416 g/mol. The second-order valence-corrected chi connectivity index (χ2v) is 9.85. The Morgan fingerprint density at radius 1 is 1.10 bits per heavy atom. The van der Waals surface area contributed by atoms with Gasteiger partial charge in [-0.1, -0.05) is 52.7 Å². The summed E-state index contributed by atoms with van der Waals surface area (Å²) in [7, 11) is -3.93. The maximum atomic E-state index is 12.6. The third-order valence-electron chi connectivity index (χ3n) is 5.08. The maximum Gasteiger partial charge on any atom is 0.322 e. The van der Waals surface area contributed by atoms with E-state index < -0.39 is 22.0 Å². The molecular formula is C22H34N4O4S. The fourth-order valence-electron chi connectivity index (χ4n) is 3.17. The molecule has 2 aromatic rings. The van der Waals surface area contributed by atoms with Crippen molar-refractivity contribution < 1.29 is 18.3 Å². The molecule has 1 aromatic carbocycles. The maximum absolute atomic E-state index is 12.6. The Labute approximate surface area is 185 Å². The van der Waals surface area contributed by atoms with Crippen molar-refractivity contribution in [2.24, 2.45) is 5.92 Å². The number of benzene rings is 1. The van der Waals surface area contributed by atoms with Crippen molar-refractivity contribution >= 4 is 16.0 Å². The number of carboxylic acid groups (broad SMARTS) is 1. The number of carbonyl (C=O) groups is 1. The lowest BCUT2D eigenvalue weighted by molar-refractivity contribution is -0.140. The molecule has 0 saturated carbocycles. The monoisotopic (exact) mass is 450 g/mol. The van der Waals surface area contributed by atoms with E-state index in [9.17, 15) is 18.3 Å². The highest BCUT2D eigenvalue weighted by atomic mass is 32.2. The largest absolute Gasteiger partial charge is 0.480 e. The van der Waals surface area contributed by atoms with Crippen LogP contribution >= 0.6 is 0 Å². The second-order valence-electron chi connectivity index (χ2n) is 8.13. The molecule has 0 radical (unpaired) electrons. The van der Waals surface area contributed by atoms with Crippen molar-refractivity contribution in [1.29, 1.82) is 0 Å². The molecule has 0 aliphatic carbocycles. The van der Waals surface area contributed by atoms with E-state index in [0.717, 1.165) is 55.7 Å². The van der Waals surface area contributed by atoms with Crippen LogP contribution in [0.25, 0.3) is 0 Å². The Hall–Kier alpha value is -2.26. The topological polar surface area (TPSA) is 114 Å². The predicted molar refractivity (Wildman–Crippen MR) is 119 cm³/mol. The minimum absolute atomic E-state index is 0.0385. The first-order valence-corrected chi connectivity index (χ1v) is 12.4. The van der Waals surface area contributed by atoms with Gasteiger partial charge in [0.25, 0.3) is 0 Å². The van der Waals surface area contributed by atoms with Gasteiger partial charge in [0, 0.05) is 12.8 Å². The predicted octanol–water partition coefficient (Wildman–Crippen LogP) is 3.40. The zero-order valence-electron chi connectivity index (χ0n) is 18.8. The van der Waals surface area contributed by atoms with E-state index in [1.165, 1.54) is 12.1 Å². The fraction of sp³-hybridized carbons (Fsp3) is 0.591. The van der Waals surface area contributed by atoms with Gasteiger partial charge in [-0.15, -0.1) is 0 Å². The smallest absolute Gasteiger partial charge is 0.322 e. The lowest BCUT2D eigenvalue weighted by Crippen LogP contribution is -2.44. The summed E-state index contributed by atoms with van der Waals surface area (Å²) < 4.78 is 29.4. The Balaban J connectivity index is 2.18. The number of aryl methyl sites for hydroxylation is 2. The number of nitrogens with one attached hydrogen (secondary N) is 1. The third kappa shape index (κ3) is 7.14. The molecule has 172 valence electrons. The van der Waals surface area contributed by atoms with Crippen LogP contribution in [0.15, 0.2) is 29.2 Å². The zero-order chi connectivity index (χ0) is 23.0. The number of sulfonamides is 1. The highest BCUT2D eigenvalue weighted by Crippen LogP contribution is 2.15. The molecule has 31 heavy (non-hydrogen) atoms. The van der Waals surface area contributed by atoms with Crippen LogP contribution < -0.4 is 4.72 Å². The van der Waals surface area contributed by atoms with E-state index in [0.29, 0.717) is 6.54 Å². The van der Waals surface area contributed by atoms with Gasteiger partial charge in [0.1, 0.15) is 11.9 Å². The molecule has 0 bridgehead atoms. The molecule has 0 aliphatic rings. The van der Waals surface area contributed by atoms with Crippen LogP contribution in [-0.4, -0.2) is 40.3 Å². The van der Waals surface area contributed by atoms with Crippen LogP contribution in [0.2, 0.25) is 0 Å². The quantitative estimate of drug-likeness (QED) is 0.483. The van der Waals surface area contributed by atoms with Crippen LogP contribution in [-0.2, 0) is 34.2 Å². The number of nitrogens with zero attached hydrogens (tertiary/aromatic N) is 3. The first-order chi connectivity index (χ1) is 14.7. The third-order valence-corrected chi connectivity index (χ3v) is 6.54. The molecule has 2 rings (SSSR count). The van der Waals surface area contributed by atoms with Crippen LogP contribution in [0.3, 0.4) is 0 Å². The summed E-state index contributed by atoms with van der Waals surface area (Å²) in [5.74, 6) is 0.236. The average Bonchev–Trinajstić information content (AvgIpc) is 3.10. The van der Waals surface area contributed by atoms with Crippen molar-refractivity contribution in [3.8, 4) is 0 Å². The number of carboxylic acids is 1. The molecule has 0 aliphatic heterocycles. The Morgan fingerprint density at radius 3 is 2.26 bits per heavy atom. The highest BCUT2D eigenvalue weighted by Gasteiger charge is 2.28. The van der Waals surface area contributed by atoms with Gasteiger partial charge >= 0.3 is 5.97 Å². The van der Waals surface area contributed by atoms with E-state index in [1.807, 2.05) is 4.68 Å². The van der Waals surface area contributed by atoms with Gasteiger partial charge in [-0.05, 0) is 36.5 Å².